The van der Waals surface area contributed by atoms with E-state index in [1.165, 1.54) is 26.9 Å². The first-order valence-corrected chi connectivity index (χ1v) is 19.7. The smallest absolute Gasteiger partial charge is 0.407 e. The largest absolute Gasteiger partial charge is 0.453 e. The lowest BCUT2D eigenvalue weighted by atomic mass is 9.98. The summed E-state index contributed by atoms with van der Waals surface area (Å²) in [7, 11) is 5.74. The van der Waals surface area contributed by atoms with Crippen molar-refractivity contribution in [1.82, 2.24) is 42.1 Å². The van der Waals surface area contributed by atoms with Crippen molar-refractivity contribution >= 4 is 12.0 Å². The van der Waals surface area contributed by atoms with Crippen LogP contribution in [-0.4, -0.2) is 137 Å². The van der Waals surface area contributed by atoms with Gasteiger partial charge in [-0.2, -0.15) is 0 Å². The first-order chi connectivity index (χ1) is 26.9. The average molecular weight is 785 g/mol. The Hall–Kier alpha value is -3.26. The van der Waals surface area contributed by atoms with Gasteiger partial charge in [-0.1, -0.05) is 62.4 Å². The van der Waals surface area contributed by atoms with Crippen LogP contribution in [0.5, 0.6) is 0 Å². The van der Waals surface area contributed by atoms with Gasteiger partial charge >= 0.3 is 6.09 Å². The fraction of sp³-hybridized carbons (Fsp3) is 0.650. The summed E-state index contributed by atoms with van der Waals surface area (Å²) in [6.45, 7) is 9.87. The summed E-state index contributed by atoms with van der Waals surface area (Å²) in [5.74, 6) is -0.250. The highest BCUT2D eigenvalue weighted by molar-refractivity contribution is 5.86. The molecular weight excluding hydrogens is 720 g/mol. The molecule has 12 unspecified atom stereocenters. The number of nitrogens with zero attached hydrogens (tertiary/aromatic N) is 1. The predicted octanol–water partition coefficient (Wildman–Crippen LogP) is 1.07. The molecule has 16 nitrogen and oxygen atoms in total. The number of likely N-dealkylation sites (tertiary alicyclic amines) is 1. The molecule has 3 heterocycles. The molecule has 312 valence electrons. The second-order valence-electron chi connectivity index (χ2n) is 15.4. The molecule has 2 amide bonds. The lowest BCUT2D eigenvalue weighted by Crippen LogP contribution is -2.62. The fourth-order valence-corrected chi connectivity index (χ4v) is 8.04. The molecule has 0 bridgehead atoms. The summed E-state index contributed by atoms with van der Waals surface area (Å²) in [4.78, 5) is 27.3. The van der Waals surface area contributed by atoms with E-state index in [-0.39, 0.29) is 54.4 Å². The van der Waals surface area contributed by atoms with E-state index >= 15 is 0 Å². The van der Waals surface area contributed by atoms with Crippen LogP contribution in [-0.2, 0) is 23.7 Å². The minimum atomic E-state index is -1.22. The van der Waals surface area contributed by atoms with Gasteiger partial charge in [-0.3, -0.25) is 36.3 Å². The Bertz CT molecular complexity index is 1540. The fourth-order valence-electron chi connectivity index (χ4n) is 8.04. The van der Waals surface area contributed by atoms with Crippen molar-refractivity contribution in [3.63, 3.8) is 0 Å². The number of amides is 2. The molecule has 0 saturated carbocycles. The van der Waals surface area contributed by atoms with Crippen molar-refractivity contribution in [1.29, 1.82) is 0 Å². The first kappa shape index (κ1) is 43.9. The normalized spacial score (nSPS) is 26.7. The van der Waals surface area contributed by atoms with E-state index in [1.54, 1.807) is 14.0 Å². The topological polar surface area (TPSA) is 199 Å². The molecule has 0 aliphatic carbocycles. The molecule has 3 saturated heterocycles. The van der Waals surface area contributed by atoms with E-state index in [1.807, 2.05) is 20.8 Å². The molecule has 56 heavy (non-hydrogen) atoms. The van der Waals surface area contributed by atoms with Crippen molar-refractivity contribution < 1.29 is 38.7 Å². The minimum absolute atomic E-state index is 0.0135. The van der Waals surface area contributed by atoms with E-state index < -0.39 is 36.9 Å². The Labute approximate surface area is 331 Å². The molecular formula is C40H64N8O8. The molecule has 2 aromatic rings. The number of carbonyl (C=O) groups is 2. The number of hydrogen-bond donors (Lipinski definition) is 9. The van der Waals surface area contributed by atoms with Gasteiger partial charge in [0.05, 0.1) is 43.7 Å². The van der Waals surface area contributed by atoms with Crippen LogP contribution in [0.2, 0.25) is 0 Å². The van der Waals surface area contributed by atoms with Gasteiger partial charge in [-0.05, 0) is 54.9 Å². The number of aliphatic hydroxyl groups is 2. The number of alkyl carbamates (subject to hydrolysis) is 1. The van der Waals surface area contributed by atoms with Crippen molar-refractivity contribution in [3.05, 3.63) is 59.7 Å². The monoisotopic (exact) mass is 784 g/mol. The lowest BCUT2D eigenvalue weighted by Gasteiger charge is -2.39. The first-order valence-electron chi connectivity index (χ1n) is 19.7. The van der Waals surface area contributed by atoms with Gasteiger partial charge in [0.2, 0.25) is 12.3 Å². The Kier molecular flexibility index (Phi) is 16.0. The van der Waals surface area contributed by atoms with E-state index in [4.69, 9.17) is 18.9 Å². The highest BCUT2D eigenvalue weighted by Gasteiger charge is 2.43. The standard InChI is InChI=1S/C40H64N8O8/c1-22(2)32(45-37(49)33(23(3)53-5)46-39(51)55-7)36-42-21-30(44-36)28-17-13-26(14-18-28)25-11-15-27(16-12-25)29-20-41-35(43-29)31-10-9-19-48(31)38(50)34(24(4)54-6)47-40(52)56-8/h11-18,22-24,29-36,38,40-44,47,50,52H,9-10,19-21H2,1-8H3,(H,45,49)(H,46,51). The molecule has 3 aliphatic heterocycles. The van der Waals surface area contributed by atoms with Crippen molar-refractivity contribution in [2.75, 3.05) is 48.1 Å². The molecule has 0 radical (unpaired) electrons. The number of ether oxygens (including phenoxy) is 4. The summed E-state index contributed by atoms with van der Waals surface area (Å²) < 4.78 is 20.6. The maximum absolute atomic E-state index is 13.3. The van der Waals surface area contributed by atoms with Crippen molar-refractivity contribution in [2.45, 2.75) is 114 Å². The van der Waals surface area contributed by atoms with Crippen LogP contribution in [0.4, 0.5) is 4.79 Å². The third kappa shape index (κ3) is 10.6. The maximum atomic E-state index is 13.3. The molecule has 5 rings (SSSR count). The Morgan fingerprint density at radius 2 is 1.38 bits per heavy atom. The van der Waals surface area contributed by atoms with E-state index in [2.05, 4.69) is 90.6 Å². The molecule has 0 aromatic heterocycles. The van der Waals surface area contributed by atoms with Crippen LogP contribution in [0.25, 0.3) is 11.1 Å². The zero-order valence-corrected chi connectivity index (χ0v) is 34.0. The number of hydrogen-bond acceptors (Lipinski definition) is 14. The van der Waals surface area contributed by atoms with Crippen LogP contribution in [0.1, 0.15) is 63.7 Å². The Balaban J connectivity index is 1.16. The minimum Gasteiger partial charge on any atom is -0.453 e. The predicted molar refractivity (Wildman–Crippen MR) is 212 cm³/mol. The Morgan fingerprint density at radius 1 is 0.786 bits per heavy atom. The molecule has 9 N–H and O–H groups in total. The number of carbonyl (C=O) groups excluding carboxylic acids is 2. The quantitative estimate of drug-likeness (QED) is 0.0974. The second-order valence-corrected chi connectivity index (χ2v) is 15.4. The lowest BCUT2D eigenvalue weighted by molar-refractivity contribution is -0.144. The number of nitrogens with one attached hydrogen (secondary N) is 7. The van der Waals surface area contributed by atoms with Crippen LogP contribution in [0.15, 0.2) is 48.5 Å². The zero-order valence-electron chi connectivity index (χ0n) is 34.0. The van der Waals surface area contributed by atoms with Gasteiger partial charge < -0.3 is 39.8 Å². The summed E-state index contributed by atoms with van der Waals surface area (Å²) >= 11 is 0. The molecule has 2 aromatic carbocycles. The molecule has 0 spiro atoms. The van der Waals surface area contributed by atoms with Crippen molar-refractivity contribution in [3.8, 4) is 11.1 Å². The number of rotatable bonds is 18. The van der Waals surface area contributed by atoms with E-state index in [0.29, 0.717) is 6.54 Å². The van der Waals surface area contributed by atoms with Crippen LogP contribution >= 0.6 is 0 Å². The second kappa shape index (κ2) is 20.4. The zero-order chi connectivity index (χ0) is 40.5. The average Bonchev–Trinajstić information content (AvgIpc) is 4.02. The van der Waals surface area contributed by atoms with Crippen molar-refractivity contribution in [2.24, 2.45) is 5.92 Å². The number of methoxy groups -OCH3 is 4. The molecule has 12 atom stereocenters. The van der Waals surface area contributed by atoms with Crippen LogP contribution in [0, 0.1) is 5.92 Å². The van der Waals surface area contributed by atoms with Gasteiger partial charge in [0.1, 0.15) is 12.3 Å². The highest BCUT2D eigenvalue weighted by atomic mass is 16.6. The summed E-state index contributed by atoms with van der Waals surface area (Å²) in [5, 5.41) is 44.8. The third-order valence-electron chi connectivity index (χ3n) is 11.6. The summed E-state index contributed by atoms with van der Waals surface area (Å²) in [6.07, 6.45) is -2.03. The van der Waals surface area contributed by atoms with Crippen LogP contribution in [0.3, 0.4) is 0 Å². The highest BCUT2D eigenvalue weighted by Crippen LogP contribution is 2.30. The van der Waals surface area contributed by atoms with Gasteiger partial charge in [-0.25, -0.2) is 4.79 Å². The molecule has 16 heteroatoms. The summed E-state index contributed by atoms with van der Waals surface area (Å²) in [6, 6.07) is 15.7. The van der Waals surface area contributed by atoms with Gasteiger partial charge in [-0.15, -0.1) is 0 Å². The van der Waals surface area contributed by atoms with Gasteiger partial charge in [0.15, 0.2) is 0 Å². The number of benzene rings is 2. The Morgan fingerprint density at radius 3 is 1.93 bits per heavy atom. The van der Waals surface area contributed by atoms with Gasteiger partial charge in [0, 0.05) is 59.1 Å². The molecule has 3 aliphatic rings. The van der Waals surface area contributed by atoms with E-state index in [0.717, 1.165) is 42.6 Å². The van der Waals surface area contributed by atoms with Crippen LogP contribution < -0.4 is 37.2 Å². The number of aliphatic hydroxyl groups excluding tert-OH is 2. The SMILES string of the molecule is COC(=O)NC(C(=O)NC(C(C)C)C1NCC(c2ccc(-c3ccc(C4CNC(C5CCCN5C(O)C(NC(O)OC)C(C)OC)N4)cc3)cc2)N1)C(C)OC. The third-order valence-corrected chi connectivity index (χ3v) is 11.6. The molecule has 3 fully saturated rings. The van der Waals surface area contributed by atoms with E-state index in [9.17, 15) is 19.8 Å². The summed E-state index contributed by atoms with van der Waals surface area (Å²) in [5.41, 5.74) is 4.56. The van der Waals surface area contributed by atoms with Gasteiger partial charge in [0.25, 0.3) is 0 Å². The maximum Gasteiger partial charge on any atom is 0.407 e.